The molecule has 0 heterocycles. The minimum Gasteiger partial charge on any atom is -0.309 e. The van der Waals surface area contributed by atoms with Gasteiger partial charge in [0.25, 0.3) is 0 Å². The van der Waals surface area contributed by atoms with Crippen molar-refractivity contribution in [3.05, 3.63) is 68.7 Å². The van der Waals surface area contributed by atoms with E-state index in [4.69, 9.17) is 11.6 Å². The number of nitrogens with one attached hydrogen (secondary N) is 1. The van der Waals surface area contributed by atoms with Crippen molar-refractivity contribution < 1.29 is 13.2 Å². The molecule has 2 aromatic rings. The van der Waals surface area contributed by atoms with Crippen molar-refractivity contribution >= 4 is 27.5 Å². The van der Waals surface area contributed by atoms with Crippen LogP contribution in [0.1, 0.15) is 16.7 Å². The van der Waals surface area contributed by atoms with E-state index in [1.165, 1.54) is 12.1 Å². The largest absolute Gasteiger partial charge is 0.416 e. The van der Waals surface area contributed by atoms with Crippen molar-refractivity contribution in [3.63, 3.8) is 0 Å². The van der Waals surface area contributed by atoms with Gasteiger partial charge in [-0.2, -0.15) is 13.2 Å². The van der Waals surface area contributed by atoms with Crippen molar-refractivity contribution in [2.45, 2.75) is 19.3 Å². The van der Waals surface area contributed by atoms with E-state index in [0.717, 1.165) is 16.1 Å². The van der Waals surface area contributed by atoms with E-state index in [-0.39, 0.29) is 12.1 Å². The van der Waals surface area contributed by atoms with Crippen LogP contribution in [0.5, 0.6) is 0 Å². The second-order valence-electron chi connectivity index (χ2n) is 4.49. The summed E-state index contributed by atoms with van der Waals surface area (Å²) in [6.45, 7) is 0.517. The number of halogens is 5. The van der Waals surface area contributed by atoms with Gasteiger partial charge in [-0.15, -0.1) is 0 Å². The highest BCUT2D eigenvalue weighted by atomic mass is 79.9. The van der Waals surface area contributed by atoms with E-state index in [2.05, 4.69) is 21.2 Å². The molecule has 2 rings (SSSR count). The normalized spacial score (nSPS) is 11.7. The Hall–Kier alpha value is -1.04. The lowest BCUT2D eigenvalue weighted by Crippen LogP contribution is -2.17. The molecule has 6 heteroatoms. The lowest BCUT2D eigenvalue weighted by molar-refractivity contribution is -0.138. The maximum absolute atomic E-state index is 12.9. The summed E-state index contributed by atoms with van der Waals surface area (Å²) < 4.78 is 39.5. The van der Waals surface area contributed by atoms with Crippen LogP contribution in [-0.2, 0) is 19.3 Å². The van der Waals surface area contributed by atoms with Crippen LogP contribution in [0.4, 0.5) is 13.2 Å². The number of hydrogen-bond acceptors (Lipinski definition) is 1. The van der Waals surface area contributed by atoms with Crippen LogP contribution in [0, 0.1) is 0 Å². The Labute approximate surface area is 134 Å². The molecule has 0 unspecified atom stereocenters. The van der Waals surface area contributed by atoms with Gasteiger partial charge in [0.1, 0.15) is 0 Å². The van der Waals surface area contributed by atoms with Gasteiger partial charge in [-0.25, -0.2) is 0 Å². The maximum atomic E-state index is 12.9. The third kappa shape index (κ3) is 4.46. The molecule has 0 amide bonds. The first-order valence-electron chi connectivity index (χ1n) is 6.17. The highest BCUT2D eigenvalue weighted by molar-refractivity contribution is 9.10. The molecule has 0 aliphatic carbocycles. The summed E-state index contributed by atoms with van der Waals surface area (Å²) in [5, 5.41) is 3.57. The van der Waals surface area contributed by atoms with Crippen LogP contribution < -0.4 is 5.32 Å². The summed E-state index contributed by atoms with van der Waals surface area (Å²) in [5.74, 6) is 0. The van der Waals surface area contributed by atoms with Crippen LogP contribution in [0.25, 0.3) is 0 Å². The summed E-state index contributed by atoms with van der Waals surface area (Å²) in [6.07, 6.45) is -4.34. The predicted octanol–water partition coefficient (Wildman–Crippen LogP) is 5.41. The highest BCUT2D eigenvalue weighted by Gasteiger charge is 2.32. The molecule has 0 aromatic heterocycles. The number of benzene rings is 2. The molecule has 0 spiro atoms. The zero-order valence-electron chi connectivity index (χ0n) is 10.8. The first kappa shape index (κ1) is 16.3. The van der Waals surface area contributed by atoms with Gasteiger partial charge < -0.3 is 5.32 Å². The summed E-state index contributed by atoms with van der Waals surface area (Å²) in [5.41, 5.74) is 0.435. The van der Waals surface area contributed by atoms with Crippen molar-refractivity contribution in [3.8, 4) is 0 Å². The summed E-state index contributed by atoms with van der Waals surface area (Å²) in [6, 6.07) is 10.9. The summed E-state index contributed by atoms with van der Waals surface area (Å²) in [7, 11) is 0. The minimum absolute atomic E-state index is 0.124. The first-order chi connectivity index (χ1) is 9.88. The van der Waals surface area contributed by atoms with Gasteiger partial charge >= 0.3 is 6.18 Å². The monoisotopic (exact) mass is 377 g/mol. The van der Waals surface area contributed by atoms with Gasteiger partial charge in [0.15, 0.2) is 0 Å². The molecule has 0 saturated heterocycles. The van der Waals surface area contributed by atoms with Crippen LogP contribution in [0.15, 0.2) is 46.9 Å². The third-order valence-corrected chi connectivity index (χ3v) is 3.82. The SMILES string of the molecule is FC(F)(F)c1ccccc1CNCc1cc(Br)ccc1Cl. The Morgan fingerprint density at radius 3 is 2.38 bits per heavy atom. The van der Waals surface area contributed by atoms with E-state index in [9.17, 15) is 13.2 Å². The van der Waals surface area contributed by atoms with Crippen molar-refractivity contribution in [1.29, 1.82) is 0 Å². The number of hydrogen-bond donors (Lipinski definition) is 1. The molecule has 0 aliphatic rings. The molecular formula is C15H12BrClF3N. The van der Waals surface area contributed by atoms with Crippen molar-refractivity contribution in [2.75, 3.05) is 0 Å². The first-order valence-corrected chi connectivity index (χ1v) is 7.35. The minimum atomic E-state index is -4.34. The van der Waals surface area contributed by atoms with Crippen molar-refractivity contribution in [2.24, 2.45) is 0 Å². The molecule has 0 aliphatic heterocycles. The molecule has 1 N–H and O–H groups in total. The lowest BCUT2D eigenvalue weighted by atomic mass is 10.1. The zero-order chi connectivity index (χ0) is 15.5. The number of alkyl halides is 3. The molecule has 0 bridgehead atoms. The van der Waals surface area contributed by atoms with Gasteiger partial charge in [-0.1, -0.05) is 45.7 Å². The zero-order valence-corrected chi connectivity index (χ0v) is 13.2. The van der Waals surface area contributed by atoms with Crippen LogP contribution in [0.3, 0.4) is 0 Å². The summed E-state index contributed by atoms with van der Waals surface area (Å²) in [4.78, 5) is 0. The van der Waals surface area contributed by atoms with Crippen LogP contribution in [-0.4, -0.2) is 0 Å². The molecule has 21 heavy (non-hydrogen) atoms. The van der Waals surface area contributed by atoms with Gasteiger partial charge in [0, 0.05) is 22.6 Å². The van der Waals surface area contributed by atoms with Crippen molar-refractivity contribution in [1.82, 2.24) is 5.32 Å². The number of rotatable bonds is 4. The Morgan fingerprint density at radius 2 is 1.67 bits per heavy atom. The lowest BCUT2D eigenvalue weighted by Gasteiger charge is -2.13. The summed E-state index contributed by atoms with van der Waals surface area (Å²) >= 11 is 9.38. The Bertz CT molecular complexity index is 629. The highest BCUT2D eigenvalue weighted by Crippen LogP contribution is 2.31. The Balaban J connectivity index is 2.06. The molecular weight excluding hydrogens is 367 g/mol. The standard InChI is InChI=1S/C15H12BrClF3N/c16-12-5-6-14(17)11(7-12)9-21-8-10-3-1-2-4-13(10)15(18,19)20/h1-7,21H,8-9H2. The Morgan fingerprint density at radius 1 is 1.00 bits per heavy atom. The fraction of sp³-hybridized carbons (Fsp3) is 0.200. The smallest absolute Gasteiger partial charge is 0.309 e. The molecule has 112 valence electrons. The van der Waals surface area contributed by atoms with E-state index < -0.39 is 11.7 Å². The molecule has 2 aromatic carbocycles. The van der Waals surface area contributed by atoms with E-state index >= 15 is 0 Å². The molecule has 0 saturated carbocycles. The van der Waals surface area contributed by atoms with Crippen LogP contribution >= 0.6 is 27.5 Å². The van der Waals surface area contributed by atoms with Gasteiger partial charge in [-0.3, -0.25) is 0 Å². The Kier molecular flexibility index (Phi) is 5.30. The maximum Gasteiger partial charge on any atom is 0.416 e. The second-order valence-corrected chi connectivity index (χ2v) is 5.82. The quantitative estimate of drug-likeness (QED) is 0.750. The van der Waals surface area contributed by atoms with E-state index in [1.807, 2.05) is 12.1 Å². The molecule has 0 atom stereocenters. The van der Waals surface area contributed by atoms with Crippen LogP contribution in [0.2, 0.25) is 5.02 Å². The van der Waals surface area contributed by atoms with E-state index in [1.54, 1.807) is 12.1 Å². The third-order valence-electron chi connectivity index (χ3n) is 2.96. The van der Waals surface area contributed by atoms with E-state index in [0.29, 0.717) is 11.6 Å². The molecule has 0 fully saturated rings. The average Bonchev–Trinajstić information content (AvgIpc) is 2.42. The fourth-order valence-corrected chi connectivity index (χ4v) is 2.55. The van der Waals surface area contributed by atoms with Gasteiger partial charge in [-0.05, 0) is 35.4 Å². The predicted molar refractivity (Wildman–Crippen MR) is 81.1 cm³/mol. The molecule has 1 nitrogen and oxygen atoms in total. The average molecular weight is 379 g/mol. The second kappa shape index (κ2) is 6.81. The fourth-order valence-electron chi connectivity index (χ4n) is 1.96. The van der Waals surface area contributed by atoms with Gasteiger partial charge in [0.2, 0.25) is 0 Å². The molecule has 0 radical (unpaired) electrons. The van der Waals surface area contributed by atoms with Gasteiger partial charge in [0.05, 0.1) is 5.56 Å². The topological polar surface area (TPSA) is 12.0 Å².